The summed E-state index contributed by atoms with van der Waals surface area (Å²) in [4.78, 5) is 52.8. The van der Waals surface area contributed by atoms with Crippen LogP contribution in [-0.4, -0.2) is 71.4 Å². The third kappa shape index (κ3) is 5.04. The second-order valence-electron chi connectivity index (χ2n) is 8.11. The van der Waals surface area contributed by atoms with Crippen LogP contribution in [-0.2, 0) is 14.3 Å². The van der Waals surface area contributed by atoms with E-state index in [9.17, 15) is 19.2 Å². The highest BCUT2D eigenvalue weighted by molar-refractivity contribution is 6.10. The number of rotatable bonds is 2. The zero-order chi connectivity index (χ0) is 21.2. The summed E-state index contributed by atoms with van der Waals surface area (Å²) in [5, 5.41) is 5.32. The quantitative estimate of drug-likeness (QED) is 0.773. The second kappa shape index (κ2) is 8.10. The monoisotopic (exact) mass is 402 g/mol. The normalized spacial score (nSPS) is 19.6. The maximum atomic E-state index is 12.7. The molecule has 0 bridgehead atoms. The summed E-state index contributed by atoms with van der Waals surface area (Å²) < 4.78 is 5.35. The van der Waals surface area contributed by atoms with Gasteiger partial charge in [-0.25, -0.2) is 4.79 Å². The lowest BCUT2D eigenvalue weighted by Crippen LogP contribution is -2.53. The molecule has 1 aromatic carbocycles. The molecule has 1 fully saturated rings. The van der Waals surface area contributed by atoms with Crippen molar-refractivity contribution in [1.29, 1.82) is 0 Å². The predicted octanol–water partition coefficient (Wildman–Crippen LogP) is 1.21. The van der Waals surface area contributed by atoms with Gasteiger partial charge in [0.15, 0.2) is 0 Å². The fourth-order valence-corrected chi connectivity index (χ4v) is 3.22. The lowest BCUT2D eigenvalue weighted by atomic mass is 10.1. The Morgan fingerprint density at radius 2 is 1.69 bits per heavy atom. The van der Waals surface area contributed by atoms with Crippen molar-refractivity contribution < 1.29 is 23.9 Å². The van der Waals surface area contributed by atoms with Crippen LogP contribution in [0.25, 0.3) is 0 Å². The molecule has 1 atom stereocenters. The Hall–Kier alpha value is -3.10. The third-order valence-corrected chi connectivity index (χ3v) is 4.71. The smallest absolute Gasteiger partial charge is 0.410 e. The fourth-order valence-electron chi connectivity index (χ4n) is 3.22. The Morgan fingerprint density at radius 1 is 1.07 bits per heavy atom. The SMILES string of the molecule is CC(C)(C)OC(=O)N1CCN(C(=O)C[C@@H]2NC(=O)c3ccccc3NC2=O)CC1. The number of benzene rings is 1. The van der Waals surface area contributed by atoms with E-state index in [1.165, 1.54) is 0 Å². The van der Waals surface area contributed by atoms with E-state index in [1.807, 2.05) is 0 Å². The number of ether oxygens (including phenoxy) is 1. The number of amides is 4. The maximum Gasteiger partial charge on any atom is 0.410 e. The highest BCUT2D eigenvalue weighted by atomic mass is 16.6. The molecule has 0 radical (unpaired) electrons. The van der Waals surface area contributed by atoms with E-state index in [0.717, 1.165) is 0 Å². The van der Waals surface area contributed by atoms with E-state index >= 15 is 0 Å². The second-order valence-corrected chi connectivity index (χ2v) is 8.11. The molecule has 0 aliphatic carbocycles. The molecule has 1 aromatic rings. The number of hydrogen-bond acceptors (Lipinski definition) is 5. The number of hydrogen-bond donors (Lipinski definition) is 2. The summed E-state index contributed by atoms with van der Waals surface area (Å²) in [5.41, 5.74) is 0.213. The Bertz CT molecular complexity index is 824. The lowest BCUT2D eigenvalue weighted by molar-refractivity contribution is -0.135. The zero-order valence-electron chi connectivity index (χ0n) is 16.9. The molecule has 0 spiro atoms. The van der Waals surface area contributed by atoms with E-state index in [4.69, 9.17) is 4.74 Å². The van der Waals surface area contributed by atoms with Gasteiger partial charge in [-0.3, -0.25) is 14.4 Å². The van der Waals surface area contributed by atoms with Crippen LogP contribution >= 0.6 is 0 Å². The van der Waals surface area contributed by atoms with E-state index in [0.29, 0.717) is 37.4 Å². The highest BCUT2D eigenvalue weighted by Gasteiger charge is 2.33. The van der Waals surface area contributed by atoms with Crippen LogP contribution < -0.4 is 10.6 Å². The molecule has 0 unspecified atom stereocenters. The fraction of sp³-hybridized carbons (Fsp3) is 0.500. The van der Waals surface area contributed by atoms with Gasteiger partial charge in [0.1, 0.15) is 11.6 Å². The molecule has 156 valence electrons. The Kier molecular flexibility index (Phi) is 5.76. The lowest BCUT2D eigenvalue weighted by Gasteiger charge is -2.36. The van der Waals surface area contributed by atoms with E-state index < -0.39 is 29.6 Å². The molecule has 0 saturated carbocycles. The van der Waals surface area contributed by atoms with Gasteiger partial charge in [-0.2, -0.15) is 0 Å². The van der Waals surface area contributed by atoms with Gasteiger partial charge in [-0.15, -0.1) is 0 Å². The molecule has 0 aromatic heterocycles. The van der Waals surface area contributed by atoms with Gasteiger partial charge in [0.05, 0.1) is 17.7 Å². The van der Waals surface area contributed by atoms with Crippen LogP contribution in [0.15, 0.2) is 24.3 Å². The first-order valence-electron chi connectivity index (χ1n) is 9.60. The van der Waals surface area contributed by atoms with Crippen LogP contribution in [0.2, 0.25) is 0 Å². The molecule has 29 heavy (non-hydrogen) atoms. The summed E-state index contributed by atoms with van der Waals surface area (Å²) in [6.45, 7) is 6.81. The first-order valence-corrected chi connectivity index (χ1v) is 9.60. The number of anilines is 1. The average Bonchev–Trinajstić information content (AvgIpc) is 2.77. The first kappa shape index (κ1) is 20.6. The molecular weight excluding hydrogens is 376 g/mol. The number of nitrogens with one attached hydrogen (secondary N) is 2. The van der Waals surface area contributed by atoms with Crippen molar-refractivity contribution in [2.45, 2.75) is 38.8 Å². The third-order valence-electron chi connectivity index (χ3n) is 4.71. The van der Waals surface area contributed by atoms with Crippen molar-refractivity contribution in [3.63, 3.8) is 0 Å². The Morgan fingerprint density at radius 3 is 2.34 bits per heavy atom. The minimum atomic E-state index is -0.953. The molecule has 2 heterocycles. The van der Waals surface area contributed by atoms with E-state index in [1.54, 1.807) is 54.8 Å². The molecule has 9 nitrogen and oxygen atoms in total. The molecule has 2 aliphatic rings. The van der Waals surface area contributed by atoms with Crippen LogP contribution in [0.4, 0.5) is 10.5 Å². The van der Waals surface area contributed by atoms with Crippen LogP contribution in [0.5, 0.6) is 0 Å². The minimum Gasteiger partial charge on any atom is -0.444 e. The van der Waals surface area contributed by atoms with Crippen LogP contribution in [0, 0.1) is 0 Å². The van der Waals surface area contributed by atoms with Gasteiger partial charge >= 0.3 is 6.09 Å². The minimum absolute atomic E-state index is 0.141. The number of carbonyl (C=O) groups is 4. The van der Waals surface area contributed by atoms with Gasteiger partial charge < -0.3 is 25.2 Å². The van der Waals surface area contributed by atoms with Gasteiger partial charge in [0.2, 0.25) is 11.8 Å². The van der Waals surface area contributed by atoms with E-state index in [-0.39, 0.29) is 12.3 Å². The predicted molar refractivity (Wildman–Crippen MR) is 105 cm³/mol. The largest absolute Gasteiger partial charge is 0.444 e. The number of nitrogens with zero attached hydrogens (tertiary/aromatic N) is 2. The van der Waals surface area contributed by atoms with Gasteiger partial charge in [0.25, 0.3) is 5.91 Å². The van der Waals surface area contributed by atoms with Crippen molar-refractivity contribution in [3.8, 4) is 0 Å². The Labute approximate surface area is 169 Å². The van der Waals surface area contributed by atoms with Crippen LogP contribution in [0.3, 0.4) is 0 Å². The number of para-hydroxylation sites is 1. The topological polar surface area (TPSA) is 108 Å². The summed E-state index contributed by atoms with van der Waals surface area (Å²) in [7, 11) is 0. The van der Waals surface area contributed by atoms with Gasteiger partial charge in [-0.05, 0) is 32.9 Å². The van der Waals surface area contributed by atoms with Crippen molar-refractivity contribution in [2.24, 2.45) is 0 Å². The summed E-state index contributed by atoms with van der Waals surface area (Å²) >= 11 is 0. The molecule has 1 saturated heterocycles. The number of fused-ring (bicyclic) bond motifs is 1. The van der Waals surface area contributed by atoms with Gasteiger partial charge in [0, 0.05) is 26.2 Å². The summed E-state index contributed by atoms with van der Waals surface area (Å²) in [5.74, 6) is -1.07. The summed E-state index contributed by atoms with van der Waals surface area (Å²) in [6, 6.07) is 5.74. The Balaban J connectivity index is 1.56. The molecular formula is C20H26N4O5. The molecule has 4 amide bonds. The van der Waals surface area contributed by atoms with Crippen molar-refractivity contribution in [2.75, 3.05) is 31.5 Å². The van der Waals surface area contributed by atoms with E-state index in [2.05, 4.69) is 10.6 Å². The van der Waals surface area contributed by atoms with Crippen molar-refractivity contribution in [1.82, 2.24) is 15.1 Å². The maximum absolute atomic E-state index is 12.7. The van der Waals surface area contributed by atoms with Crippen LogP contribution in [0.1, 0.15) is 37.6 Å². The average molecular weight is 402 g/mol. The number of piperazine rings is 1. The zero-order valence-corrected chi connectivity index (χ0v) is 16.9. The summed E-state index contributed by atoms with van der Waals surface area (Å²) in [6.07, 6.45) is -0.546. The highest BCUT2D eigenvalue weighted by Crippen LogP contribution is 2.19. The van der Waals surface area contributed by atoms with Crippen molar-refractivity contribution in [3.05, 3.63) is 29.8 Å². The van der Waals surface area contributed by atoms with Gasteiger partial charge in [-0.1, -0.05) is 12.1 Å². The molecule has 2 N–H and O–H groups in total. The standard InChI is InChI=1S/C20H26N4O5/c1-20(2,3)29-19(28)24-10-8-23(9-11-24)16(25)12-15-18(27)21-14-7-5-4-6-13(14)17(26)22-15/h4-7,15H,8-12H2,1-3H3,(H,21,27)(H,22,26)/t15-/m0/s1. The first-order chi connectivity index (χ1) is 13.6. The molecule has 9 heteroatoms. The molecule has 3 rings (SSSR count). The molecule has 2 aliphatic heterocycles. The number of carbonyl (C=O) groups excluding carboxylic acids is 4. The van der Waals surface area contributed by atoms with Crippen molar-refractivity contribution >= 4 is 29.5 Å².